The Kier molecular flexibility index (Phi) is 2.51. The topological polar surface area (TPSA) is 66.2 Å². The quantitative estimate of drug-likeness (QED) is 0.484. The Hall–Kier alpha value is -1.00. The summed E-state index contributed by atoms with van der Waals surface area (Å²) < 4.78 is 0. The minimum absolute atomic E-state index is 0.322. The number of nitrogens with two attached hydrogens (primary N) is 1. The van der Waals surface area contributed by atoms with Crippen LogP contribution in [0.4, 0.5) is 5.82 Å². The highest BCUT2D eigenvalue weighted by Crippen LogP contribution is 2.12. The lowest BCUT2D eigenvalue weighted by atomic mass is 10.3. The molecule has 0 spiro atoms. The Labute approximate surface area is 69.1 Å². The number of nitrogens with zero attached hydrogens (tertiary/aromatic N) is 2. The Bertz CT molecular complexity index is 273. The van der Waals surface area contributed by atoms with Crippen molar-refractivity contribution in [1.82, 2.24) is 9.97 Å². The van der Waals surface area contributed by atoms with Crippen LogP contribution >= 0.6 is 11.6 Å². The van der Waals surface area contributed by atoms with Crippen LogP contribution in [0.15, 0.2) is 6.33 Å². The molecule has 0 aromatic carbocycles. The molecule has 5 heteroatoms. The van der Waals surface area contributed by atoms with Crippen molar-refractivity contribution in [2.24, 2.45) is 0 Å². The molecule has 0 fully saturated rings. The Balaban J connectivity index is 3.24. The maximum absolute atomic E-state index is 7.02. The third kappa shape index (κ3) is 1.53. The maximum atomic E-state index is 7.02. The third-order valence-electron chi connectivity index (χ3n) is 1.28. The monoisotopic (exact) mass is 171 g/mol. The summed E-state index contributed by atoms with van der Waals surface area (Å²) in [5.41, 5.74) is 0.566. The van der Waals surface area contributed by atoms with Crippen LogP contribution in [0.2, 0.25) is 5.15 Å². The van der Waals surface area contributed by atoms with E-state index in [2.05, 4.69) is 9.97 Å². The summed E-state index contributed by atoms with van der Waals surface area (Å²) in [7, 11) is 1.84. The van der Waals surface area contributed by atoms with Crippen molar-refractivity contribution < 1.29 is 5.32 Å². The fraction of sp³-hybridized carbons (Fsp3) is 0.167. The van der Waals surface area contributed by atoms with E-state index < -0.39 is 0 Å². The van der Waals surface area contributed by atoms with Crippen LogP contribution in [0.5, 0.6) is 0 Å². The van der Waals surface area contributed by atoms with Crippen LogP contribution in [0.1, 0.15) is 5.56 Å². The molecule has 1 aromatic heterocycles. The van der Waals surface area contributed by atoms with Gasteiger partial charge in [-0.25, -0.2) is 4.98 Å². The zero-order valence-corrected chi connectivity index (χ0v) is 6.76. The summed E-state index contributed by atoms with van der Waals surface area (Å²) in [5, 5.41) is 9.13. The van der Waals surface area contributed by atoms with Crippen LogP contribution in [0.25, 0.3) is 0 Å². The summed E-state index contributed by atoms with van der Waals surface area (Å²) in [6.45, 7) is 0. The van der Waals surface area contributed by atoms with Crippen molar-refractivity contribution in [3.63, 3.8) is 0 Å². The van der Waals surface area contributed by atoms with Crippen molar-refractivity contribution >= 4 is 23.6 Å². The van der Waals surface area contributed by atoms with E-state index in [0.29, 0.717) is 16.5 Å². The molecule has 0 bridgehead atoms. The smallest absolute Gasteiger partial charge is 0.237 e. The van der Waals surface area contributed by atoms with Crippen LogP contribution in [-0.4, -0.2) is 23.2 Å². The average Bonchev–Trinajstić information content (AvgIpc) is 2.04. The summed E-state index contributed by atoms with van der Waals surface area (Å²) in [6, 6.07) is 0. The first-order valence-electron chi connectivity index (χ1n) is 3.10. The van der Waals surface area contributed by atoms with Gasteiger partial charge >= 0.3 is 0 Å². The molecule has 0 atom stereocenters. The maximum Gasteiger partial charge on any atom is 0.237 e. The molecule has 4 nitrogen and oxygen atoms in total. The van der Waals surface area contributed by atoms with Gasteiger partial charge < -0.3 is 5.41 Å². The molecule has 0 amide bonds. The van der Waals surface area contributed by atoms with Crippen LogP contribution < -0.4 is 5.32 Å². The highest BCUT2D eigenvalue weighted by Gasteiger charge is 2.07. The molecule has 0 saturated heterocycles. The molecule has 58 valence electrons. The van der Waals surface area contributed by atoms with Gasteiger partial charge in [-0.2, -0.15) is 4.98 Å². The standard InChI is InChI=1S/C6H7ClN4/c1-9-6-4(2-8)5(7)10-3-11-6/h2-3,8H,1H3,(H,9,10,11)/p+1. The van der Waals surface area contributed by atoms with Gasteiger partial charge in [-0.1, -0.05) is 11.6 Å². The van der Waals surface area contributed by atoms with E-state index in [1.807, 2.05) is 7.05 Å². The fourth-order valence-electron chi connectivity index (χ4n) is 0.750. The van der Waals surface area contributed by atoms with Crippen LogP contribution in [-0.2, 0) is 0 Å². The molecule has 0 aliphatic carbocycles. The molecule has 0 saturated carbocycles. The summed E-state index contributed by atoms with van der Waals surface area (Å²) >= 11 is 5.69. The van der Waals surface area contributed by atoms with Gasteiger partial charge in [0.25, 0.3) is 0 Å². The molecule has 11 heavy (non-hydrogen) atoms. The van der Waals surface area contributed by atoms with E-state index in [1.54, 1.807) is 5.32 Å². The molecule has 3 N–H and O–H groups in total. The lowest BCUT2D eigenvalue weighted by molar-refractivity contribution is -0.543. The average molecular weight is 172 g/mol. The summed E-state index contributed by atoms with van der Waals surface area (Å²) in [4.78, 5) is 7.67. The molecule has 1 rings (SSSR count). The van der Waals surface area contributed by atoms with E-state index in [4.69, 9.17) is 17.0 Å². The SMILES string of the molecule is C[NH2+]c1ncnc(Cl)c1C=N. The normalized spacial score (nSPS) is 9.64. The first-order valence-corrected chi connectivity index (χ1v) is 3.47. The molecule has 1 aromatic rings. The van der Waals surface area contributed by atoms with Gasteiger partial charge in [0, 0.05) is 6.21 Å². The number of hydrogen-bond donors (Lipinski definition) is 2. The lowest BCUT2D eigenvalue weighted by Gasteiger charge is -1.97. The van der Waals surface area contributed by atoms with Crippen molar-refractivity contribution in [2.75, 3.05) is 7.05 Å². The second kappa shape index (κ2) is 3.41. The van der Waals surface area contributed by atoms with Gasteiger partial charge in [-0.3, -0.25) is 5.32 Å². The number of rotatable bonds is 2. The van der Waals surface area contributed by atoms with E-state index in [1.165, 1.54) is 6.33 Å². The van der Waals surface area contributed by atoms with E-state index in [0.717, 1.165) is 6.21 Å². The number of halogens is 1. The predicted octanol–water partition coefficient (Wildman–Crippen LogP) is -0.0476. The molecular formula is C6H8ClN4+. The fourth-order valence-corrected chi connectivity index (χ4v) is 0.945. The summed E-state index contributed by atoms with van der Waals surface area (Å²) in [6.07, 6.45) is 2.53. The number of hydrogen-bond acceptors (Lipinski definition) is 3. The Morgan fingerprint density at radius 1 is 1.64 bits per heavy atom. The van der Waals surface area contributed by atoms with Crippen LogP contribution in [0.3, 0.4) is 0 Å². The molecule has 1 heterocycles. The first kappa shape index (κ1) is 8.10. The van der Waals surface area contributed by atoms with Gasteiger partial charge in [-0.05, 0) is 0 Å². The zero-order chi connectivity index (χ0) is 8.27. The predicted molar refractivity (Wildman–Crippen MR) is 42.4 cm³/mol. The molecule has 0 aliphatic heterocycles. The molecular weight excluding hydrogens is 164 g/mol. The number of nitrogens with one attached hydrogen (secondary N) is 1. The number of quaternary nitrogens is 1. The minimum atomic E-state index is 0.322. The third-order valence-corrected chi connectivity index (χ3v) is 1.59. The second-order valence-electron chi connectivity index (χ2n) is 1.90. The molecule has 0 unspecified atom stereocenters. The molecule has 0 aliphatic rings. The molecule has 0 radical (unpaired) electrons. The zero-order valence-electron chi connectivity index (χ0n) is 6.00. The highest BCUT2D eigenvalue weighted by molar-refractivity contribution is 6.32. The van der Waals surface area contributed by atoms with E-state index in [-0.39, 0.29) is 0 Å². The van der Waals surface area contributed by atoms with Gasteiger partial charge in [0.2, 0.25) is 5.82 Å². The van der Waals surface area contributed by atoms with E-state index in [9.17, 15) is 0 Å². The van der Waals surface area contributed by atoms with Crippen LogP contribution in [0, 0.1) is 5.41 Å². The minimum Gasteiger partial charge on any atom is -0.308 e. The van der Waals surface area contributed by atoms with Crippen molar-refractivity contribution in [2.45, 2.75) is 0 Å². The lowest BCUT2D eigenvalue weighted by Crippen LogP contribution is -2.73. The van der Waals surface area contributed by atoms with Gasteiger partial charge in [-0.15, -0.1) is 0 Å². The Morgan fingerprint density at radius 3 is 2.82 bits per heavy atom. The van der Waals surface area contributed by atoms with Crippen molar-refractivity contribution in [3.8, 4) is 0 Å². The second-order valence-corrected chi connectivity index (χ2v) is 2.25. The van der Waals surface area contributed by atoms with Gasteiger partial charge in [0.15, 0.2) is 0 Å². The van der Waals surface area contributed by atoms with Crippen molar-refractivity contribution in [1.29, 1.82) is 5.41 Å². The van der Waals surface area contributed by atoms with Gasteiger partial charge in [0.05, 0.1) is 7.05 Å². The van der Waals surface area contributed by atoms with Crippen molar-refractivity contribution in [3.05, 3.63) is 17.0 Å². The Morgan fingerprint density at radius 2 is 2.36 bits per heavy atom. The highest BCUT2D eigenvalue weighted by atomic mass is 35.5. The largest absolute Gasteiger partial charge is 0.308 e. The van der Waals surface area contributed by atoms with Gasteiger partial charge in [0.1, 0.15) is 17.0 Å². The summed E-state index contributed by atoms with van der Waals surface area (Å²) in [5.74, 6) is 0.694. The number of aromatic nitrogens is 2. The van der Waals surface area contributed by atoms with E-state index >= 15 is 0 Å². The first-order chi connectivity index (χ1) is 5.29.